The summed E-state index contributed by atoms with van der Waals surface area (Å²) in [4.78, 5) is 35.3. The van der Waals surface area contributed by atoms with Crippen LogP contribution in [0.15, 0.2) is 36.4 Å². The monoisotopic (exact) mass is 294 g/mol. The Balaban J connectivity index is 1.86. The smallest absolute Gasteiger partial charge is 0.259 e. The average Bonchev–Trinajstić information content (AvgIpc) is 2.76. The summed E-state index contributed by atoms with van der Waals surface area (Å²) in [5.41, 5.74) is 3.78. The van der Waals surface area contributed by atoms with Gasteiger partial charge in [-0.25, -0.2) is 0 Å². The van der Waals surface area contributed by atoms with Gasteiger partial charge in [0.1, 0.15) is 0 Å². The van der Waals surface area contributed by atoms with Crippen molar-refractivity contribution < 1.29 is 14.4 Å². The number of aryl methyl sites for hydroxylation is 2. The van der Waals surface area contributed by atoms with E-state index in [1.807, 2.05) is 26.0 Å². The second-order valence-electron chi connectivity index (χ2n) is 5.30. The van der Waals surface area contributed by atoms with Gasteiger partial charge in [-0.3, -0.25) is 19.7 Å². The number of hydrogen-bond donors (Lipinski definition) is 2. The zero-order chi connectivity index (χ0) is 15.9. The summed E-state index contributed by atoms with van der Waals surface area (Å²) in [7, 11) is 0. The van der Waals surface area contributed by atoms with Gasteiger partial charge in [-0.05, 0) is 55.3 Å². The Kier molecular flexibility index (Phi) is 3.25. The van der Waals surface area contributed by atoms with E-state index in [0.29, 0.717) is 16.8 Å². The molecule has 0 bridgehead atoms. The third-order valence-corrected chi connectivity index (χ3v) is 3.76. The minimum absolute atomic E-state index is 0.257. The van der Waals surface area contributed by atoms with Gasteiger partial charge in [-0.15, -0.1) is 0 Å². The molecule has 2 N–H and O–H groups in total. The van der Waals surface area contributed by atoms with Crippen LogP contribution in [-0.2, 0) is 0 Å². The van der Waals surface area contributed by atoms with Crippen LogP contribution < -0.4 is 10.6 Å². The van der Waals surface area contributed by atoms with E-state index in [1.54, 1.807) is 12.1 Å². The minimum Gasteiger partial charge on any atom is -0.322 e. The van der Waals surface area contributed by atoms with Crippen molar-refractivity contribution in [3.05, 3.63) is 64.2 Å². The van der Waals surface area contributed by atoms with Gasteiger partial charge in [0.05, 0.1) is 11.1 Å². The van der Waals surface area contributed by atoms with E-state index in [9.17, 15) is 14.4 Å². The number of carbonyl (C=O) groups excluding carboxylic acids is 3. The standard InChI is InChI=1S/C17H14N2O3/c1-9-3-4-11(7-10(9)2)15(20)18-12-5-6-13-14(8-12)17(22)19-16(13)21/h3-8H,1-2H3,(H,18,20)(H,19,21,22). The first kappa shape index (κ1) is 14.0. The highest BCUT2D eigenvalue weighted by molar-refractivity contribution is 6.22. The second-order valence-corrected chi connectivity index (χ2v) is 5.30. The lowest BCUT2D eigenvalue weighted by molar-refractivity contribution is 0.0878. The quantitative estimate of drug-likeness (QED) is 0.835. The molecule has 0 saturated carbocycles. The number of imide groups is 1. The van der Waals surface area contributed by atoms with E-state index in [0.717, 1.165) is 11.1 Å². The predicted octanol–water partition coefficient (Wildman–Crippen LogP) is 2.44. The van der Waals surface area contributed by atoms with Gasteiger partial charge in [0.2, 0.25) is 0 Å². The molecule has 2 aromatic carbocycles. The molecule has 0 aliphatic carbocycles. The normalized spacial score (nSPS) is 12.8. The van der Waals surface area contributed by atoms with Crippen molar-refractivity contribution in [3.8, 4) is 0 Å². The molecule has 3 amide bonds. The van der Waals surface area contributed by atoms with E-state index in [1.165, 1.54) is 12.1 Å². The maximum Gasteiger partial charge on any atom is 0.259 e. The fraction of sp³-hybridized carbons (Fsp3) is 0.118. The van der Waals surface area contributed by atoms with Crippen LogP contribution in [0.3, 0.4) is 0 Å². The molecule has 5 heteroatoms. The van der Waals surface area contributed by atoms with Gasteiger partial charge in [0.15, 0.2) is 0 Å². The third kappa shape index (κ3) is 2.37. The van der Waals surface area contributed by atoms with Crippen LogP contribution in [0.5, 0.6) is 0 Å². The molecule has 0 radical (unpaired) electrons. The summed E-state index contributed by atoms with van der Waals surface area (Å²) < 4.78 is 0. The van der Waals surface area contributed by atoms with Crippen molar-refractivity contribution >= 4 is 23.4 Å². The van der Waals surface area contributed by atoms with Crippen LogP contribution in [0.4, 0.5) is 5.69 Å². The number of carbonyl (C=O) groups is 3. The lowest BCUT2D eigenvalue weighted by Crippen LogP contribution is -2.19. The Morgan fingerprint density at radius 3 is 2.36 bits per heavy atom. The number of hydrogen-bond acceptors (Lipinski definition) is 3. The van der Waals surface area contributed by atoms with E-state index < -0.39 is 11.8 Å². The Labute approximate surface area is 127 Å². The molecule has 0 atom stereocenters. The summed E-state index contributed by atoms with van der Waals surface area (Å²) in [5.74, 6) is -1.11. The molecular weight excluding hydrogens is 280 g/mol. The molecule has 3 rings (SSSR count). The molecule has 1 heterocycles. The molecule has 0 fully saturated rings. The Hall–Kier alpha value is -2.95. The van der Waals surface area contributed by atoms with Crippen molar-refractivity contribution in [3.63, 3.8) is 0 Å². The van der Waals surface area contributed by atoms with Crippen LogP contribution >= 0.6 is 0 Å². The summed E-state index contributed by atoms with van der Waals surface area (Å²) in [6.45, 7) is 3.92. The molecule has 110 valence electrons. The zero-order valence-electron chi connectivity index (χ0n) is 12.2. The molecule has 22 heavy (non-hydrogen) atoms. The van der Waals surface area contributed by atoms with Crippen LogP contribution in [0, 0.1) is 13.8 Å². The summed E-state index contributed by atoms with van der Waals surface area (Å²) in [6.07, 6.45) is 0. The van der Waals surface area contributed by atoms with Crippen LogP contribution in [0.25, 0.3) is 0 Å². The number of amides is 3. The summed E-state index contributed by atoms with van der Waals surface area (Å²) >= 11 is 0. The first-order valence-corrected chi connectivity index (χ1v) is 6.84. The predicted molar refractivity (Wildman–Crippen MR) is 82.1 cm³/mol. The van der Waals surface area contributed by atoms with Gasteiger partial charge >= 0.3 is 0 Å². The maximum absolute atomic E-state index is 12.2. The average molecular weight is 294 g/mol. The van der Waals surface area contributed by atoms with Crippen LogP contribution in [-0.4, -0.2) is 17.7 Å². The minimum atomic E-state index is -0.442. The van der Waals surface area contributed by atoms with Gasteiger partial charge in [0.25, 0.3) is 17.7 Å². The summed E-state index contributed by atoms with van der Waals surface area (Å²) in [6, 6.07) is 10.1. The Morgan fingerprint density at radius 2 is 1.64 bits per heavy atom. The molecule has 5 nitrogen and oxygen atoms in total. The van der Waals surface area contributed by atoms with Crippen molar-refractivity contribution in [1.29, 1.82) is 0 Å². The van der Waals surface area contributed by atoms with Crippen molar-refractivity contribution in [1.82, 2.24) is 5.32 Å². The number of anilines is 1. The zero-order valence-corrected chi connectivity index (χ0v) is 12.2. The van der Waals surface area contributed by atoms with Crippen molar-refractivity contribution in [2.75, 3.05) is 5.32 Å². The number of nitrogens with one attached hydrogen (secondary N) is 2. The molecule has 1 aliphatic heterocycles. The fourth-order valence-corrected chi connectivity index (χ4v) is 2.33. The van der Waals surface area contributed by atoms with Crippen LogP contribution in [0.2, 0.25) is 0 Å². The highest BCUT2D eigenvalue weighted by Gasteiger charge is 2.26. The van der Waals surface area contributed by atoms with Crippen molar-refractivity contribution in [2.24, 2.45) is 0 Å². The van der Waals surface area contributed by atoms with Gasteiger partial charge in [0, 0.05) is 11.3 Å². The van der Waals surface area contributed by atoms with Gasteiger partial charge < -0.3 is 5.32 Å². The van der Waals surface area contributed by atoms with E-state index in [-0.39, 0.29) is 11.5 Å². The lowest BCUT2D eigenvalue weighted by Gasteiger charge is -2.08. The molecule has 0 unspecified atom stereocenters. The fourth-order valence-electron chi connectivity index (χ4n) is 2.33. The highest BCUT2D eigenvalue weighted by Crippen LogP contribution is 2.21. The first-order chi connectivity index (χ1) is 10.5. The highest BCUT2D eigenvalue weighted by atomic mass is 16.2. The largest absolute Gasteiger partial charge is 0.322 e. The number of fused-ring (bicyclic) bond motifs is 1. The van der Waals surface area contributed by atoms with E-state index in [4.69, 9.17) is 0 Å². The first-order valence-electron chi connectivity index (χ1n) is 6.84. The van der Waals surface area contributed by atoms with Crippen molar-refractivity contribution in [2.45, 2.75) is 13.8 Å². The molecule has 2 aromatic rings. The lowest BCUT2D eigenvalue weighted by atomic mass is 10.1. The van der Waals surface area contributed by atoms with Gasteiger partial charge in [-0.1, -0.05) is 6.07 Å². The van der Waals surface area contributed by atoms with Crippen LogP contribution in [0.1, 0.15) is 42.2 Å². The summed E-state index contributed by atoms with van der Waals surface area (Å²) in [5, 5.41) is 4.96. The molecule has 1 aliphatic rings. The molecule has 0 spiro atoms. The van der Waals surface area contributed by atoms with E-state index >= 15 is 0 Å². The second kappa shape index (κ2) is 5.11. The molecular formula is C17H14N2O3. The maximum atomic E-state index is 12.2. The molecule has 0 saturated heterocycles. The Morgan fingerprint density at radius 1 is 0.909 bits per heavy atom. The third-order valence-electron chi connectivity index (χ3n) is 3.76. The number of benzene rings is 2. The SMILES string of the molecule is Cc1ccc(C(=O)Nc2ccc3c(c2)C(=O)NC3=O)cc1C. The number of rotatable bonds is 2. The van der Waals surface area contributed by atoms with Gasteiger partial charge in [-0.2, -0.15) is 0 Å². The topological polar surface area (TPSA) is 75.3 Å². The van der Waals surface area contributed by atoms with E-state index in [2.05, 4.69) is 10.6 Å². The Bertz CT molecular complexity index is 825. The molecule has 0 aromatic heterocycles.